The number of rotatable bonds is 11. The number of anilines is 1. The predicted molar refractivity (Wildman–Crippen MR) is 117 cm³/mol. The van der Waals surface area contributed by atoms with Crippen LogP contribution in [0.3, 0.4) is 0 Å². The predicted octanol–water partition coefficient (Wildman–Crippen LogP) is 4.84. The second-order valence-electron chi connectivity index (χ2n) is 6.69. The summed E-state index contributed by atoms with van der Waals surface area (Å²) in [5.74, 6) is 0.506. The quantitative estimate of drug-likeness (QED) is 0.481. The maximum atomic E-state index is 13.3. The van der Waals surface area contributed by atoms with Crippen LogP contribution in [0.15, 0.2) is 24.3 Å². The molecule has 2 aromatic rings. The summed E-state index contributed by atoms with van der Waals surface area (Å²) in [6.07, 6.45) is 0.0525. The van der Waals surface area contributed by atoms with Crippen molar-refractivity contribution in [1.82, 2.24) is 4.98 Å². The highest BCUT2D eigenvalue weighted by atomic mass is 31.2. The van der Waals surface area contributed by atoms with Gasteiger partial charge in [0.2, 0.25) is 5.75 Å². The number of aromatic hydroxyl groups is 1. The molecule has 0 radical (unpaired) electrons. The Balaban J connectivity index is 2.52. The number of nitrogens with one attached hydrogen (secondary N) is 1. The normalized spacial score (nSPS) is 12.5. The van der Waals surface area contributed by atoms with Crippen LogP contribution in [0, 0.1) is 13.8 Å². The van der Waals surface area contributed by atoms with Gasteiger partial charge in [0.25, 0.3) is 0 Å². The Morgan fingerprint density at radius 2 is 1.77 bits per heavy atom. The smallest absolute Gasteiger partial charge is 0.333 e. The van der Waals surface area contributed by atoms with Crippen LogP contribution in [-0.4, -0.2) is 43.7 Å². The van der Waals surface area contributed by atoms with Gasteiger partial charge in [-0.05, 0) is 57.5 Å². The fraction of sp³-hybridized carbons (Fsp3) is 0.476. The Hall–Kier alpha value is -2.28. The number of phenolic OH excluding ortho intramolecular Hbond substituents is 1. The number of benzene rings is 1. The molecule has 0 saturated heterocycles. The van der Waals surface area contributed by atoms with Gasteiger partial charge in [-0.2, -0.15) is 0 Å². The summed E-state index contributed by atoms with van der Waals surface area (Å²) >= 11 is 0. The molecule has 0 spiro atoms. The largest absolute Gasteiger partial charge is 0.504 e. The molecular formula is C21H31N2O6P. The van der Waals surface area contributed by atoms with Crippen molar-refractivity contribution in [2.24, 2.45) is 0 Å². The molecule has 1 aromatic heterocycles. The van der Waals surface area contributed by atoms with E-state index in [4.69, 9.17) is 18.5 Å². The van der Waals surface area contributed by atoms with Gasteiger partial charge in [-0.1, -0.05) is 0 Å². The van der Waals surface area contributed by atoms with Crippen LogP contribution in [0.4, 0.5) is 5.69 Å². The van der Waals surface area contributed by atoms with E-state index in [-0.39, 0.29) is 30.9 Å². The molecule has 2 rings (SSSR count). The Labute approximate surface area is 178 Å². The van der Waals surface area contributed by atoms with Gasteiger partial charge in [0.1, 0.15) is 0 Å². The highest BCUT2D eigenvalue weighted by Crippen LogP contribution is 2.52. The SMILES string of the molecule is CCOP(=O)(CC(Nc1ccc(C)nc1C)c1cc(O)c(OC)c(OC)c1)OCC. The number of nitrogens with zero attached hydrogens (tertiary/aromatic N) is 1. The minimum absolute atomic E-state index is 0.0525. The van der Waals surface area contributed by atoms with Crippen LogP contribution in [0.25, 0.3) is 0 Å². The highest BCUT2D eigenvalue weighted by Gasteiger charge is 2.31. The van der Waals surface area contributed by atoms with Crippen molar-refractivity contribution in [1.29, 1.82) is 0 Å². The maximum Gasteiger partial charge on any atom is 0.333 e. The van der Waals surface area contributed by atoms with Crippen molar-refractivity contribution >= 4 is 13.3 Å². The van der Waals surface area contributed by atoms with E-state index in [0.717, 1.165) is 17.1 Å². The Morgan fingerprint density at radius 1 is 1.10 bits per heavy atom. The van der Waals surface area contributed by atoms with Gasteiger partial charge < -0.3 is 28.9 Å². The van der Waals surface area contributed by atoms with Crippen molar-refractivity contribution in [3.05, 3.63) is 41.2 Å². The lowest BCUT2D eigenvalue weighted by Crippen LogP contribution is -2.18. The standard InChI is InChI=1S/C21H31N2O6P/c1-7-28-30(25,29-8-2)13-18(23-17-10-9-14(3)22-15(17)4)16-11-19(24)21(27-6)20(12-16)26-5/h9-12,18,23-24H,7-8,13H2,1-6H3. The molecule has 30 heavy (non-hydrogen) atoms. The first-order valence-corrected chi connectivity index (χ1v) is 11.5. The van der Waals surface area contributed by atoms with E-state index in [1.165, 1.54) is 14.2 Å². The second kappa shape index (κ2) is 10.7. The lowest BCUT2D eigenvalue weighted by atomic mass is 10.1. The summed E-state index contributed by atoms with van der Waals surface area (Å²) in [7, 11) is -0.457. The first kappa shape index (κ1) is 24.0. The minimum atomic E-state index is -3.40. The summed E-state index contributed by atoms with van der Waals surface area (Å²) in [4.78, 5) is 4.48. The minimum Gasteiger partial charge on any atom is -0.504 e. The molecule has 1 unspecified atom stereocenters. The van der Waals surface area contributed by atoms with Gasteiger partial charge in [0.05, 0.1) is 51.0 Å². The van der Waals surface area contributed by atoms with E-state index in [0.29, 0.717) is 11.3 Å². The summed E-state index contributed by atoms with van der Waals surface area (Å²) in [5, 5.41) is 13.8. The zero-order valence-electron chi connectivity index (χ0n) is 18.4. The molecule has 0 fully saturated rings. The first-order chi connectivity index (χ1) is 14.3. The number of pyridine rings is 1. The lowest BCUT2D eigenvalue weighted by molar-refractivity contribution is 0.219. The molecule has 1 heterocycles. The van der Waals surface area contributed by atoms with Crippen LogP contribution in [-0.2, 0) is 13.6 Å². The van der Waals surface area contributed by atoms with Crippen LogP contribution in [0.2, 0.25) is 0 Å². The summed E-state index contributed by atoms with van der Waals surface area (Å²) in [6.45, 7) is 7.86. The third kappa shape index (κ3) is 5.88. The number of hydrogen-bond donors (Lipinski definition) is 2. The molecule has 0 aliphatic carbocycles. The van der Waals surface area contributed by atoms with E-state index in [2.05, 4.69) is 10.3 Å². The molecule has 1 aromatic carbocycles. The third-order valence-corrected chi connectivity index (χ3v) is 6.61. The van der Waals surface area contributed by atoms with Crippen molar-refractivity contribution in [3.8, 4) is 17.2 Å². The molecule has 2 N–H and O–H groups in total. The molecule has 9 heteroatoms. The number of methoxy groups -OCH3 is 2. The number of aromatic nitrogens is 1. The molecule has 1 atom stereocenters. The summed E-state index contributed by atoms with van der Waals surface area (Å²) in [6, 6.07) is 6.58. The van der Waals surface area contributed by atoms with Crippen LogP contribution in [0.1, 0.15) is 36.8 Å². The monoisotopic (exact) mass is 438 g/mol. The van der Waals surface area contributed by atoms with Crippen molar-refractivity contribution in [2.45, 2.75) is 33.7 Å². The molecule has 0 aliphatic heterocycles. The Bertz CT molecular complexity index is 895. The third-order valence-electron chi connectivity index (χ3n) is 4.50. The van der Waals surface area contributed by atoms with Crippen molar-refractivity contribution < 1.29 is 28.2 Å². The van der Waals surface area contributed by atoms with Gasteiger partial charge in [-0.3, -0.25) is 9.55 Å². The van der Waals surface area contributed by atoms with E-state index in [1.54, 1.807) is 26.0 Å². The Morgan fingerprint density at radius 3 is 2.30 bits per heavy atom. The van der Waals surface area contributed by atoms with Crippen LogP contribution < -0.4 is 14.8 Å². The van der Waals surface area contributed by atoms with Gasteiger partial charge >= 0.3 is 7.60 Å². The average molecular weight is 438 g/mol. The fourth-order valence-corrected chi connectivity index (χ4v) is 5.01. The number of phenols is 1. The van der Waals surface area contributed by atoms with Gasteiger partial charge in [-0.15, -0.1) is 0 Å². The number of aryl methyl sites for hydroxylation is 2. The fourth-order valence-electron chi connectivity index (χ4n) is 3.19. The maximum absolute atomic E-state index is 13.3. The average Bonchev–Trinajstić information content (AvgIpc) is 2.69. The second-order valence-corrected chi connectivity index (χ2v) is 8.79. The van der Waals surface area contributed by atoms with Crippen LogP contribution in [0.5, 0.6) is 17.2 Å². The lowest BCUT2D eigenvalue weighted by Gasteiger charge is -2.26. The Kier molecular flexibility index (Phi) is 8.53. The molecule has 8 nitrogen and oxygen atoms in total. The number of hydrogen-bond acceptors (Lipinski definition) is 8. The van der Waals surface area contributed by atoms with E-state index in [1.807, 2.05) is 26.0 Å². The molecule has 0 aliphatic rings. The van der Waals surface area contributed by atoms with Gasteiger partial charge in [0, 0.05) is 5.69 Å². The molecule has 0 saturated carbocycles. The zero-order valence-corrected chi connectivity index (χ0v) is 19.3. The van der Waals surface area contributed by atoms with Crippen LogP contribution >= 0.6 is 7.60 Å². The molecular weight excluding hydrogens is 407 g/mol. The van der Waals surface area contributed by atoms with Gasteiger partial charge in [-0.25, -0.2) is 0 Å². The van der Waals surface area contributed by atoms with Crippen molar-refractivity contribution in [3.63, 3.8) is 0 Å². The first-order valence-electron chi connectivity index (χ1n) is 9.80. The zero-order chi connectivity index (χ0) is 22.3. The highest BCUT2D eigenvalue weighted by molar-refractivity contribution is 7.53. The van der Waals surface area contributed by atoms with Crippen molar-refractivity contribution in [2.75, 3.05) is 38.9 Å². The van der Waals surface area contributed by atoms with E-state index in [9.17, 15) is 9.67 Å². The summed E-state index contributed by atoms with van der Waals surface area (Å²) in [5.41, 5.74) is 3.11. The molecule has 166 valence electrons. The number of ether oxygens (including phenoxy) is 2. The van der Waals surface area contributed by atoms with E-state index >= 15 is 0 Å². The summed E-state index contributed by atoms with van der Waals surface area (Å²) < 4.78 is 34.9. The molecule has 0 bridgehead atoms. The van der Waals surface area contributed by atoms with Gasteiger partial charge in [0.15, 0.2) is 11.5 Å². The van der Waals surface area contributed by atoms with E-state index < -0.39 is 13.6 Å². The molecule has 0 amide bonds. The topological polar surface area (TPSA) is 99.1 Å².